The quantitative estimate of drug-likeness (QED) is 0.453. The van der Waals surface area contributed by atoms with Gasteiger partial charge in [0.25, 0.3) is 0 Å². The normalized spacial score (nSPS) is 14.9. The first-order valence-corrected chi connectivity index (χ1v) is 9.59. The van der Waals surface area contributed by atoms with Crippen molar-refractivity contribution in [3.05, 3.63) is 58.9 Å². The number of ether oxygens (including phenoxy) is 1. The Bertz CT molecular complexity index is 744. The molecule has 0 saturated carbocycles. The number of aliphatic imine (C=N–C) groups is 1. The van der Waals surface area contributed by atoms with Gasteiger partial charge >= 0.3 is 0 Å². The third kappa shape index (κ3) is 5.84. The number of para-hydroxylation sites is 1. The molecule has 0 bridgehead atoms. The smallest absolute Gasteiger partial charge is 0.191 e. The van der Waals surface area contributed by atoms with Gasteiger partial charge in [0, 0.05) is 45.1 Å². The summed E-state index contributed by atoms with van der Waals surface area (Å²) >= 11 is 5.82. The average molecular weight is 388 g/mol. The number of nitrogens with one attached hydrogen (secondary N) is 2. The van der Waals surface area contributed by atoms with Crippen LogP contribution in [0.25, 0.3) is 0 Å². The van der Waals surface area contributed by atoms with Gasteiger partial charge in [0.05, 0.1) is 13.2 Å². The number of pyridine rings is 1. The van der Waals surface area contributed by atoms with E-state index in [0.717, 1.165) is 57.3 Å². The van der Waals surface area contributed by atoms with Crippen LogP contribution in [-0.2, 0) is 17.7 Å². The second-order valence-corrected chi connectivity index (χ2v) is 6.71. The maximum Gasteiger partial charge on any atom is 0.191 e. The molecule has 0 spiro atoms. The van der Waals surface area contributed by atoms with E-state index in [1.54, 1.807) is 13.2 Å². The molecule has 1 fully saturated rings. The molecule has 0 atom stereocenters. The first kappa shape index (κ1) is 19.5. The molecule has 0 amide bonds. The minimum absolute atomic E-state index is 0.517. The zero-order valence-electron chi connectivity index (χ0n) is 15.6. The molecule has 2 heterocycles. The molecule has 2 N–H and O–H groups in total. The Morgan fingerprint density at radius 2 is 2.00 bits per heavy atom. The molecule has 2 aromatic rings. The van der Waals surface area contributed by atoms with E-state index in [9.17, 15) is 0 Å². The summed E-state index contributed by atoms with van der Waals surface area (Å²) in [6.45, 7) is 4.91. The fourth-order valence-corrected chi connectivity index (χ4v) is 3.16. The number of anilines is 1. The number of morpholine rings is 1. The summed E-state index contributed by atoms with van der Waals surface area (Å²) in [7, 11) is 1.78. The predicted octanol–water partition coefficient (Wildman–Crippen LogP) is 2.48. The minimum atomic E-state index is 0.517. The van der Waals surface area contributed by atoms with Gasteiger partial charge in [-0.1, -0.05) is 35.9 Å². The van der Waals surface area contributed by atoms with Gasteiger partial charge in [0.1, 0.15) is 5.15 Å². The first-order valence-electron chi connectivity index (χ1n) is 9.22. The van der Waals surface area contributed by atoms with Gasteiger partial charge in [0.15, 0.2) is 5.96 Å². The number of hydrogen-bond donors (Lipinski definition) is 2. The van der Waals surface area contributed by atoms with Crippen molar-refractivity contribution in [2.45, 2.75) is 13.0 Å². The SMILES string of the molecule is CN=C(NCCc1ccc(Cl)nc1)NCc1ccccc1N1CCOCC1. The van der Waals surface area contributed by atoms with Gasteiger partial charge in [-0.15, -0.1) is 0 Å². The lowest BCUT2D eigenvalue weighted by Crippen LogP contribution is -2.39. The third-order valence-corrected chi connectivity index (χ3v) is 4.73. The van der Waals surface area contributed by atoms with Crippen LogP contribution in [0.2, 0.25) is 5.15 Å². The second-order valence-electron chi connectivity index (χ2n) is 6.32. The van der Waals surface area contributed by atoms with E-state index in [2.05, 4.69) is 49.8 Å². The van der Waals surface area contributed by atoms with Crippen LogP contribution < -0.4 is 15.5 Å². The van der Waals surface area contributed by atoms with Gasteiger partial charge in [0.2, 0.25) is 0 Å². The van der Waals surface area contributed by atoms with Gasteiger partial charge in [-0.05, 0) is 29.7 Å². The van der Waals surface area contributed by atoms with Crippen molar-refractivity contribution in [1.29, 1.82) is 0 Å². The van der Waals surface area contributed by atoms with Crippen molar-refractivity contribution < 1.29 is 4.74 Å². The number of nitrogens with zero attached hydrogens (tertiary/aromatic N) is 3. The molecule has 1 saturated heterocycles. The molecule has 1 aliphatic rings. The van der Waals surface area contributed by atoms with Crippen LogP contribution in [0.5, 0.6) is 0 Å². The summed E-state index contributed by atoms with van der Waals surface area (Å²) in [4.78, 5) is 10.8. The Morgan fingerprint density at radius 3 is 2.74 bits per heavy atom. The highest BCUT2D eigenvalue weighted by Crippen LogP contribution is 2.21. The molecule has 0 radical (unpaired) electrons. The molecule has 3 rings (SSSR count). The number of rotatable bonds is 6. The van der Waals surface area contributed by atoms with Crippen molar-refractivity contribution in [3.8, 4) is 0 Å². The summed E-state index contributed by atoms with van der Waals surface area (Å²) in [6, 6.07) is 12.3. The predicted molar refractivity (Wildman–Crippen MR) is 111 cm³/mol. The maximum absolute atomic E-state index is 5.82. The summed E-state index contributed by atoms with van der Waals surface area (Å²) in [6.07, 6.45) is 2.66. The Hall–Kier alpha value is -2.31. The lowest BCUT2D eigenvalue weighted by Gasteiger charge is -2.30. The van der Waals surface area contributed by atoms with Crippen LogP contribution in [0.3, 0.4) is 0 Å². The average Bonchev–Trinajstić information content (AvgIpc) is 2.73. The van der Waals surface area contributed by atoms with Crippen molar-refractivity contribution in [3.63, 3.8) is 0 Å². The van der Waals surface area contributed by atoms with Crippen LogP contribution in [0, 0.1) is 0 Å². The highest BCUT2D eigenvalue weighted by molar-refractivity contribution is 6.29. The van der Waals surface area contributed by atoms with Crippen molar-refractivity contribution in [2.75, 3.05) is 44.8 Å². The maximum atomic E-state index is 5.82. The molecule has 7 heteroatoms. The number of hydrogen-bond acceptors (Lipinski definition) is 4. The number of halogens is 1. The van der Waals surface area contributed by atoms with E-state index in [1.165, 1.54) is 11.3 Å². The monoisotopic (exact) mass is 387 g/mol. The van der Waals surface area contributed by atoms with Gasteiger partial charge in [-0.25, -0.2) is 4.98 Å². The van der Waals surface area contributed by atoms with Crippen LogP contribution in [0.4, 0.5) is 5.69 Å². The Morgan fingerprint density at radius 1 is 1.19 bits per heavy atom. The summed E-state index contributed by atoms with van der Waals surface area (Å²) in [5, 5.41) is 7.27. The molecule has 0 unspecified atom stereocenters. The number of guanidine groups is 1. The van der Waals surface area contributed by atoms with Gasteiger partial charge < -0.3 is 20.3 Å². The third-order valence-electron chi connectivity index (χ3n) is 4.51. The van der Waals surface area contributed by atoms with Gasteiger partial charge in [-0.3, -0.25) is 4.99 Å². The molecule has 1 aromatic carbocycles. The van der Waals surface area contributed by atoms with E-state index in [4.69, 9.17) is 16.3 Å². The second kappa shape index (κ2) is 10.1. The van der Waals surface area contributed by atoms with Crippen LogP contribution in [0.15, 0.2) is 47.6 Å². The van der Waals surface area contributed by atoms with Crippen LogP contribution in [-0.4, -0.2) is 50.8 Å². The fourth-order valence-electron chi connectivity index (χ4n) is 3.05. The van der Waals surface area contributed by atoms with Gasteiger partial charge in [-0.2, -0.15) is 0 Å². The standard InChI is InChI=1S/C20H26ClN5O/c1-22-20(23-9-8-16-6-7-19(21)24-14-16)25-15-17-4-2-3-5-18(17)26-10-12-27-13-11-26/h2-7,14H,8-13,15H2,1H3,(H2,22,23,25). The zero-order chi connectivity index (χ0) is 18.9. The fraction of sp³-hybridized carbons (Fsp3) is 0.400. The summed E-state index contributed by atoms with van der Waals surface area (Å²) < 4.78 is 5.47. The highest BCUT2D eigenvalue weighted by Gasteiger charge is 2.14. The Kier molecular flexibility index (Phi) is 7.30. The van der Waals surface area contributed by atoms with E-state index in [0.29, 0.717) is 5.15 Å². The molecular weight excluding hydrogens is 362 g/mol. The van der Waals surface area contributed by atoms with Crippen molar-refractivity contribution >= 4 is 23.2 Å². The zero-order valence-corrected chi connectivity index (χ0v) is 16.4. The van der Waals surface area contributed by atoms with E-state index in [1.807, 2.05) is 12.1 Å². The Balaban J connectivity index is 1.51. The topological polar surface area (TPSA) is 61.8 Å². The molecule has 1 aromatic heterocycles. The molecule has 6 nitrogen and oxygen atoms in total. The van der Waals surface area contributed by atoms with E-state index < -0.39 is 0 Å². The summed E-state index contributed by atoms with van der Waals surface area (Å²) in [5.41, 5.74) is 3.65. The van der Waals surface area contributed by atoms with Crippen LogP contribution in [0.1, 0.15) is 11.1 Å². The molecule has 1 aliphatic heterocycles. The lowest BCUT2D eigenvalue weighted by molar-refractivity contribution is 0.122. The minimum Gasteiger partial charge on any atom is -0.378 e. The van der Waals surface area contributed by atoms with E-state index >= 15 is 0 Å². The van der Waals surface area contributed by atoms with E-state index in [-0.39, 0.29) is 0 Å². The largest absolute Gasteiger partial charge is 0.378 e. The molecule has 0 aliphatic carbocycles. The number of benzene rings is 1. The molecule has 144 valence electrons. The van der Waals surface area contributed by atoms with Crippen molar-refractivity contribution in [2.24, 2.45) is 4.99 Å². The Labute approximate surface area is 165 Å². The highest BCUT2D eigenvalue weighted by atomic mass is 35.5. The van der Waals surface area contributed by atoms with Crippen LogP contribution >= 0.6 is 11.6 Å². The lowest BCUT2D eigenvalue weighted by atomic mass is 10.1. The van der Waals surface area contributed by atoms with Crippen molar-refractivity contribution in [1.82, 2.24) is 15.6 Å². The summed E-state index contributed by atoms with van der Waals surface area (Å²) in [5.74, 6) is 0.786. The first-order chi connectivity index (χ1) is 13.3. The molecular formula is C20H26ClN5O. The number of aromatic nitrogens is 1. The molecule has 27 heavy (non-hydrogen) atoms.